The summed E-state index contributed by atoms with van der Waals surface area (Å²) in [6.07, 6.45) is 1.73. The van der Waals surface area contributed by atoms with Crippen LogP contribution in [0.25, 0.3) is 10.9 Å². The number of aromatic nitrogens is 2. The second kappa shape index (κ2) is 2.24. The van der Waals surface area contributed by atoms with Crippen LogP contribution in [0.4, 0.5) is 5.82 Å². The van der Waals surface area contributed by atoms with Gasteiger partial charge in [0.1, 0.15) is 5.82 Å². The van der Waals surface area contributed by atoms with Gasteiger partial charge in [0, 0.05) is 24.3 Å². The summed E-state index contributed by atoms with van der Waals surface area (Å²) in [6, 6.07) is 4.02. The summed E-state index contributed by atoms with van der Waals surface area (Å²) >= 11 is 0. The zero-order chi connectivity index (χ0) is 8.72. The van der Waals surface area contributed by atoms with Crippen LogP contribution in [-0.2, 0) is 7.05 Å². The van der Waals surface area contributed by atoms with Crippen molar-refractivity contribution < 1.29 is 0 Å². The molecule has 2 rings (SSSR count). The van der Waals surface area contributed by atoms with Gasteiger partial charge in [0.2, 0.25) is 0 Å². The molecule has 62 valence electrons. The van der Waals surface area contributed by atoms with Gasteiger partial charge in [0.25, 0.3) is 0 Å². The van der Waals surface area contributed by atoms with Crippen LogP contribution in [0.15, 0.2) is 18.3 Å². The van der Waals surface area contributed by atoms with E-state index in [1.807, 2.05) is 13.1 Å². The zero-order valence-electron chi connectivity index (χ0n) is 7.20. The molecule has 0 spiro atoms. The van der Waals surface area contributed by atoms with E-state index in [0.717, 1.165) is 10.9 Å². The Morgan fingerprint density at radius 2 is 2.25 bits per heavy atom. The topological polar surface area (TPSA) is 43.8 Å². The Bertz CT molecular complexity index is 429. The van der Waals surface area contributed by atoms with Crippen molar-refractivity contribution in [3.63, 3.8) is 0 Å². The van der Waals surface area contributed by atoms with Crippen LogP contribution >= 0.6 is 0 Å². The summed E-state index contributed by atoms with van der Waals surface area (Å²) in [5.41, 5.74) is 8.05. The van der Waals surface area contributed by atoms with Gasteiger partial charge < -0.3 is 10.3 Å². The van der Waals surface area contributed by atoms with Gasteiger partial charge in [-0.25, -0.2) is 4.98 Å². The Morgan fingerprint density at radius 1 is 1.50 bits per heavy atom. The maximum absolute atomic E-state index is 5.71. The van der Waals surface area contributed by atoms with Gasteiger partial charge in [0.15, 0.2) is 0 Å². The lowest BCUT2D eigenvalue weighted by Gasteiger charge is -1.98. The first kappa shape index (κ1) is 7.16. The lowest BCUT2D eigenvalue weighted by atomic mass is 10.3. The average Bonchev–Trinajstić information content (AvgIpc) is 2.32. The van der Waals surface area contributed by atoms with Crippen LogP contribution in [-0.4, -0.2) is 9.55 Å². The van der Waals surface area contributed by atoms with E-state index in [1.54, 1.807) is 6.20 Å². The molecule has 2 aromatic rings. The lowest BCUT2D eigenvalue weighted by Crippen LogP contribution is -1.92. The fourth-order valence-electron chi connectivity index (χ4n) is 1.41. The van der Waals surface area contributed by atoms with Gasteiger partial charge in [-0.3, -0.25) is 0 Å². The molecular weight excluding hydrogens is 150 g/mol. The molecule has 3 nitrogen and oxygen atoms in total. The van der Waals surface area contributed by atoms with E-state index in [4.69, 9.17) is 5.73 Å². The maximum atomic E-state index is 5.71. The third kappa shape index (κ3) is 0.794. The highest BCUT2D eigenvalue weighted by Gasteiger charge is 2.03. The van der Waals surface area contributed by atoms with E-state index in [-0.39, 0.29) is 0 Å². The van der Waals surface area contributed by atoms with Gasteiger partial charge >= 0.3 is 0 Å². The van der Waals surface area contributed by atoms with Crippen molar-refractivity contribution in [2.75, 3.05) is 5.73 Å². The molecule has 0 unspecified atom stereocenters. The molecule has 2 aromatic heterocycles. The molecule has 0 atom stereocenters. The molecule has 0 saturated heterocycles. The maximum Gasteiger partial charge on any atom is 0.132 e. The number of nitrogens with zero attached hydrogens (tertiary/aromatic N) is 2. The van der Waals surface area contributed by atoms with Crippen molar-refractivity contribution in [2.24, 2.45) is 7.05 Å². The summed E-state index contributed by atoms with van der Waals surface area (Å²) < 4.78 is 2.10. The fourth-order valence-corrected chi connectivity index (χ4v) is 1.41. The third-order valence-corrected chi connectivity index (χ3v) is 2.24. The average molecular weight is 161 g/mol. The molecule has 3 heteroatoms. The molecule has 0 radical (unpaired) electrons. The first-order valence-electron chi connectivity index (χ1n) is 3.86. The predicted molar refractivity (Wildman–Crippen MR) is 49.9 cm³/mol. The van der Waals surface area contributed by atoms with Gasteiger partial charge in [-0.1, -0.05) is 0 Å². The monoisotopic (exact) mass is 161 g/mol. The predicted octanol–water partition coefficient (Wildman–Crippen LogP) is 1.46. The molecule has 0 aliphatic carbocycles. The van der Waals surface area contributed by atoms with Crippen molar-refractivity contribution >= 4 is 16.7 Å². The zero-order valence-corrected chi connectivity index (χ0v) is 7.20. The molecule has 2 heterocycles. The van der Waals surface area contributed by atoms with Crippen LogP contribution in [0, 0.1) is 6.92 Å². The number of aryl methyl sites for hydroxylation is 2. The standard InChI is InChI=1S/C9H11N3/c1-6-5-7-8(12(6)2)3-4-11-9(7)10/h3-5H,1-2H3,(H2,10,11). The first-order chi connectivity index (χ1) is 5.70. The van der Waals surface area contributed by atoms with E-state index in [1.165, 1.54) is 5.69 Å². The van der Waals surface area contributed by atoms with Gasteiger partial charge in [0.05, 0.1) is 5.52 Å². The number of nitrogen functional groups attached to an aromatic ring is 1. The van der Waals surface area contributed by atoms with Crippen LogP contribution in [0.1, 0.15) is 5.69 Å². The van der Waals surface area contributed by atoms with Crippen molar-refractivity contribution in [2.45, 2.75) is 6.92 Å². The SMILES string of the molecule is Cc1cc2c(N)nccc2n1C. The van der Waals surface area contributed by atoms with E-state index in [9.17, 15) is 0 Å². The smallest absolute Gasteiger partial charge is 0.132 e. The quantitative estimate of drug-likeness (QED) is 0.635. The Labute approximate surface area is 70.8 Å². The number of hydrogen-bond acceptors (Lipinski definition) is 2. The van der Waals surface area contributed by atoms with E-state index >= 15 is 0 Å². The molecule has 0 aliphatic heterocycles. The molecule has 0 fully saturated rings. The molecule has 2 N–H and O–H groups in total. The number of hydrogen-bond donors (Lipinski definition) is 1. The molecule has 12 heavy (non-hydrogen) atoms. The van der Waals surface area contributed by atoms with Crippen LogP contribution in [0.3, 0.4) is 0 Å². The highest BCUT2D eigenvalue weighted by molar-refractivity contribution is 5.89. The lowest BCUT2D eigenvalue weighted by molar-refractivity contribution is 0.917. The summed E-state index contributed by atoms with van der Waals surface area (Å²) in [5, 5.41) is 1.04. The normalized spacial score (nSPS) is 10.8. The Balaban J connectivity index is 2.95. The second-order valence-electron chi connectivity index (χ2n) is 2.97. The molecule has 0 saturated carbocycles. The Hall–Kier alpha value is -1.51. The van der Waals surface area contributed by atoms with Gasteiger partial charge in [-0.05, 0) is 19.1 Å². The number of anilines is 1. The minimum atomic E-state index is 0.608. The van der Waals surface area contributed by atoms with E-state index in [2.05, 4.69) is 22.5 Å². The third-order valence-electron chi connectivity index (χ3n) is 2.24. The number of rotatable bonds is 0. The fraction of sp³-hybridized carbons (Fsp3) is 0.222. The Morgan fingerprint density at radius 3 is 2.92 bits per heavy atom. The second-order valence-corrected chi connectivity index (χ2v) is 2.97. The molecule has 0 aliphatic rings. The van der Waals surface area contributed by atoms with Crippen molar-refractivity contribution in [3.05, 3.63) is 24.0 Å². The summed E-state index contributed by atoms with van der Waals surface area (Å²) in [4.78, 5) is 4.03. The number of pyridine rings is 1. The van der Waals surface area contributed by atoms with Gasteiger partial charge in [-0.2, -0.15) is 0 Å². The molecule has 0 bridgehead atoms. The Kier molecular flexibility index (Phi) is 1.33. The van der Waals surface area contributed by atoms with Crippen LogP contribution in [0.5, 0.6) is 0 Å². The van der Waals surface area contributed by atoms with E-state index < -0.39 is 0 Å². The first-order valence-corrected chi connectivity index (χ1v) is 3.86. The number of fused-ring (bicyclic) bond motifs is 1. The van der Waals surface area contributed by atoms with Crippen LogP contribution < -0.4 is 5.73 Å². The van der Waals surface area contributed by atoms with Gasteiger partial charge in [-0.15, -0.1) is 0 Å². The van der Waals surface area contributed by atoms with Crippen molar-refractivity contribution in [1.29, 1.82) is 0 Å². The summed E-state index contributed by atoms with van der Waals surface area (Å²) in [7, 11) is 2.02. The van der Waals surface area contributed by atoms with Crippen LogP contribution in [0.2, 0.25) is 0 Å². The minimum Gasteiger partial charge on any atom is -0.383 e. The highest BCUT2D eigenvalue weighted by Crippen LogP contribution is 2.21. The number of nitrogens with two attached hydrogens (primary N) is 1. The molecule has 0 amide bonds. The largest absolute Gasteiger partial charge is 0.383 e. The van der Waals surface area contributed by atoms with E-state index in [0.29, 0.717) is 5.82 Å². The van der Waals surface area contributed by atoms with Crippen molar-refractivity contribution in [3.8, 4) is 0 Å². The molecular formula is C9H11N3. The minimum absolute atomic E-state index is 0.608. The summed E-state index contributed by atoms with van der Waals surface area (Å²) in [5.74, 6) is 0.608. The molecule has 0 aromatic carbocycles. The highest BCUT2D eigenvalue weighted by atomic mass is 15.0. The summed E-state index contributed by atoms with van der Waals surface area (Å²) in [6.45, 7) is 2.06. The van der Waals surface area contributed by atoms with Crippen molar-refractivity contribution in [1.82, 2.24) is 9.55 Å².